The van der Waals surface area contributed by atoms with Gasteiger partial charge in [-0.05, 0) is 36.4 Å². The molecule has 3 heteroatoms. The molecule has 0 aliphatic carbocycles. The van der Waals surface area contributed by atoms with E-state index in [1.54, 1.807) is 24.3 Å². The van der Waals surface area contributed by atoms with Crippen molar-refractivity contribution in [1.82, 2.24) is 0 Å². The molecule has 1 heterocycles. The van der Waals surface area contributed by atoms with Crippen LogP contribution in [0, 0.1) is 0 Å². The number of carbonyl (C=O) groups is 1. The lowest BCUT2D eigenvalue weighted by Crippen LogP contribution is -1.81. The van der Waals surface area contributed by atoms with Crippen molar-refractivity contribution in [1.29, 1.82) is 0 Å². The first-order chi connectivity index (χ1) is 7.79. The van der Waals surface area contributed by atoms with E-state index in [1.165, 1.54) is 0 Å². The van der Waals surface area contributed by atoms with E-state index in [1.807, 2.05) is 12.1 Å². The number of aromatic hydroxyl groups is 1. The number of carbonyl (C=O) groups excluding carboxylic acids is 1. The summed E-state index contributed by atoms with van der Waals surface area (Å²) < 4.78 is 5.57. The van der Waals surface area contributed by atoms with Gasteiger partial charge in [-0.2, -0.15) is 0 Å². The Kier molecular flexibility index (Phi) is 3.05. The molecule has 0 spiro atoms. The first kappa shape index (κ1) is 10.5. The molecule has 1 N–H and O–H groups in total. The molecule has 0 unspecified atom stereocenters. The molecule has 0 aliphatic rings. The third kappa shape index (κ3) is 2.31. The lowest BCUT2D eigenvalue weighted by Gasteiger charge is -1.97. The molecule has 1 aromatic heterocycles. The minimum atomic E-state index is 0.233. The maximum Gasteiger partial charge on any atom is 0.134 e. The number of aldehydes is 1. The average Bonchev–Trinajstić information content (AvgIpc) is 2.76. The predicted molar refractivity (Wildman–Crippen MR) is 60.2 cm³/mol. The summed E-state index contributed by atoms with van der Waals surface area (Å²) in [6.45, 7) is 0. The lowest BCUT2D eigenvalue weighted by atomic mass is 10.2. The van der Waals surface area contributed by atoms with Gasteiger partial charge in [-0.15, -0.1) is 0 Å². The number of hydrogen-bond acceptors (Lipinski definition) is 3. The zero-order valence-corrected chi connectivity index (χ0v) is 8.72. The number of phenols is 1. The molecule has 0 saturated heterocycles. The molecule has 2 rings (SSSR count). The Labute approximate surface area is 93.3 Å². The van der Waals surface area contributed by atoms with Gasteiger partial charge in [-0.1, -0.05) is 0 Å². The van der Waals surface area contributed by atoms with Crippen LogP contribution in [0.15, 0.2) is 40.8 Å². The monoisotopic (exact) mass is 216 g/mol. The first-order valence-electron chi connectivity index (χ1n) is 5.11. The van der Waals surface area contributed by atoms with Gasteiger partial charge >= 0.3 is 0 Å². The second-order valence-electron chi connectivity index (χ2n) is 3.52. The van der Waals surface area contributed by atoms with Crippen LogP contribution in [0.1, 0.15) is 12.2 Å². The highest BCUT2D eigenvalue weighted by Gasteiger charge is 2.04. The van der Waals surface area contributed by atoms with Crippen LogP contribution in [0.4, 0.5) is 0 Å². The zero-order valence-electron chi connectivity index (χ0n) is 8.72. The van der Waals surface area contributed by atoms with Gasteiger partial charge in [0.1, 0.15) is 23.6 Å². The van der Waals surface area contributed by atoms with Crippen LogP contribution >= 0.6 is 0 Å². The van der Waals surface area contributed by atoms with E-state index in [0.29, 0.717) is 12.8 Å². The molecule has 16 heavy (non-hydrogen) atoms. The molecule has 0 amide bonds. The van der Waals surface area contributed by atoms with E-state index in [0.717, 1.165) is 23.4 Å². The maximum atomic E-state index is 10.2. The second kappa shape index (κ2) is 4.66. The average molecular weight is 216 g/mol. The number of furan rings is 1. The fourth-order valence-electron chi connectivity index (χ4n) is 1.49. The van der Waals surface area contributed by atoms with E-state index in [4.69, 9.17) is 9.52 Å². The molecule has 1 aromatic carbocycles. The van der Waals surface area contributed by atoms with Gasteiger partial charge in [0.25, 0.3) is 0 Å². The summed E-state index contributed by atoms with van der Waals surface area (Å²) >= 11 is 0. The third-order valence-electron chi connectivity index (χ3n) is 2.32. The van der Waals surface area contributed by atoms with Gasteiger partial charge in [-0.3, -0.25) is 0 Å². The third-order valence-corrected chi connectivity index (χ3v) is 2.32. The standard InChI is InChI=1S/C13H12O3/c14-9-1-2-12-7-8-13(16-12)10-3-5-11(15)6-4-10/h3-9,15H,1-2H2. The van der Waals surface area contributed by atoms with Crippen LogP contribution in [0.2, 0.25) is 0 Å². The van der Waals surface area contributed by atoms with Gasteiger partial charge < -0.3 is 14.3 Å². The summed E-state index contributed by atoms with van der Waals surface area (Å²) in [6, 6.07) is 10.5. The Morgan fingerprint density at radius 1 is 1.12 bits per heavy atom. The van der Waals surface area contributed by atoms with Crippen LogP contribution in [-0.2, 0) is 11.2 Å². The van der Waals surface area contributed by atoms with Crippen LogP contribution in [0.5, 0.6) is 5.75 Å². The minimum absolute atomic E-state index is 0.233. The summed E-state index contributed by atoms with van der Waals surface area (Å²) in [5, 5.41) is 9.16. The number of hydrogen-bond donors (Lipinski definition) is 1. The summed E-state index contributed by atoms with van der Waals surface area (Å²) in [5.41, 5.74) is 0.912. The molecule has 3 nitrogen and oxygen atoms in total. The van der Waals surface area contributed by atoms with Crippen molar-refractivity contribution < 1.29 is 14.3 Å². The largest absolute Gasteiger partial charge is 0.508 e. The first-order valence-corrected chi connectivity index (χ1v) is 5.11. The molecule has 2 aromatic rings. The SMILES string of the molecule is O=CCCc1ccc(-c2ccc(O)cc2)o1. The van der Waals surface area contributed by atoms with Crippen molar-refractivity contribution >= 4 is 6.29 Å². The summed E-state index contributed by atoms with van der Waals surface area (Å²) in [5.74, 6) is 1.78. The summed E-state index contributed by atoms with van der Waals surface area (Å²) in [7, 11) is 0. The minimum Gasteiger partial charge on any atom is -0.508 e. The van der Waals surface area contributed by atoms with Gasteiger partial charge in [0.15, 0.2) is 0 Å². The van der Waals surface area contributed by atoms with E-state index < -0.39 is 0 Å². The molecule has 0 atom stereocenters. The predicted octanol–water partition coefficient (Wildman–Crippen LogP) is 2.78. The molecule has 0 radical (unpaired) electrons. The van der Waals surface area contributed by atoms with E-state index in [2.05, 4.69) is 0 Å². The Morgan fingerprint density at radius 3 is 2.56 bits per heavy atom. The smallest absolute Gasteiger partial charge is 0.134 e. The van der Waals surface area contributed by atoms with Crippen LogP contribution in [-0.4, -0.2) is 11.4 Å². The molecule has 0 aliphatic heterocycles. The number of rotatable bonds is 4. The van der Waals surface area contributed by atoms with Crippen molar-refractivity contribution in [2.24, 2.45) is 0 Å². The molecule has 82 valence electrons. The fraction of sp³-hybridized carbons (Fsp3) is 0.154. The highest BCUT2D eigenvalue weighted by Crippen LogP contribution is 2.24. The van der Waals surface area contributed by atoms with Crippen molar-refractivity contribution in [3.63, 3.8) is 0 Å². The van der Waals surface area contributed by atoms with Crippen LogP contribution in [0.3, 0.4) is 0 Å². The summed E-state index contributed by atoms with van der Waals surface area (Å²) in [4.78, 5) is 10.2. The van der Waals surface area contributed by atoms with Crippen molar-refractivity contribution in [2.45, 2.75) is 12.8 Å². The van der Waals surface area contributed by atoms with Crippen molar-refractivity contribution in [3.8, 4) is 17.1 Å². The van der Waals surface area contributed by atoms with Crippen LogP contribution in [0.25, 0.3) is 11.3 Å². The van der Waals surface area contributed by atoms with Crippen molar-refractivity contribution in [2.75, 3.05) is 0 Å². The Balaban J connectivity index is 2.17. The lowest BCUT2D eigenvalue weighted by molar-refractivity contribution is -0.107. The molecule has 0 fully saturated rings. The molecule has 0 bridgehead atoms. The van der Waals surface area contributed by atoms with E-state index >= 15 is 0 Å². The normalized spacial score (nSPS) is 10.2. The van der Waals surface area contributed by atoms with Crippen LogP contribution < -0.4 is 0 Å². The van der Waals surface area contributed by atoms with Crippen molar-refractivity contribution in [3.05, 3.63) is 42.2 Å². The highest BCUT2D eigenvalue weighted by molar-refractivity contribution is 5.58. The van der Waals surface area contributed by atoms with Gasteiger partial charge in [-0.25, -0.2) is 0 Å². The topological polar surface area (TPSA) is 50.4 Å². The van der Waals surface area contributed by atoms with Gasteiger partial charge in [0, 0.05) is 18.4 Å². The van der Waals surface area contributed by atoms with Gasteiger partial charge in [0.2, 0.25) is 0 Å². The molecular formula is C13H12O3. The Morgan fingerprint density at radius 2 is 1.88 bits per heavy atom. The second-order valence-corrected chi connectivity index (χ2v) is 3.52. The number of aryl methyl sites for hydroxylation is 1. The van der Waals surface area contributed by atoms with E-state index in [-0.39, 0.29) is 5.75 Å². The van der Waals surface area contributed by atoms with E-state index in [9.17, 15) is 4.79 Å². The highest BCUT2D eigenvalue weighted by atomic mass is 16.3. The Bertz CT molecular complexity index is 468. The molecule has 0 saturated carbocycles. The number of benzene rings is 1. The Hall–Kier alpha value is -2.03. The fourth-order valence-corrected chi connectivity index (χ4v) is 1.49. The molecular weight excluding hydrogens is 204 g/mol. The number of phenolic OH excluding ortho intramolecular Hbond substituents is 1. The quantitative estimate of drug-likeness (QED) is 0.799. The summed E-state index contributed by atoms with van der Waals surface area (Å²) in [6.07, 6.45) is 1.98. The zero-order chi connectivity index (χ0) is 11.4. The maximum absolute atomic E-state index is 10.2. The van der Waals surface area contributed by atoms with Gasteiger partial charge in [0.05, 0.1) is 0 Å².